The minimum absolute atomic E-state index is 0.621. The topological polar surface area (TPSA) is 38.5 Å². The van der Waals surface area contributed by atoms with E-state index in [1.165, 1.54) is 19.3 Å². The minimum atomic E-state index is 0.621. The molecule has 1 heterocycles. The van der Waals surface area contributed by atoms with Crippen LogP contribution in [0, 0.1) is 12.2 Å². The van der Waals surface area contributed by atoms with Gasteiger partial charge < -0.3 is 15.4 Å². The third kappa shape index (κ3) is 2.83. The van der Waals surface area contributed by atoms with E-state index in [2.05, 4.69) is 17.1 Å². The summed E-state index contributed by atoms with van der Waals surface area (Å²) >= 11 is 0. The first kappa shape index (κ1) is 10.7. The number of likely N-dealkylation sites (tertiary alicyclic amines) is 1. The van der Waals surface area contributed by atoms with Gasteiger partial charge in [-0.3, -0.25) is 0 Å². The fourth-order valence-electron chi connectivity index (χ4n) is 1.72. The molecular weight excluding hydrogens is 200 g/mol. The molecule has 3 nitrogen and oxygen atoms in total. The van der Waals surface area contributed by atoms with Crippen molar-refractivity contribution in [2.75, 3.05) is 18.8 Å². The maximum atomic E-state index is 5.73. The average molecular weight is 216 g/mol. The highest BCUT2D eigenvalue weighted by Crippen LogP contribution is 2.19. The summed E-state index contributed by atoms with van der Waals surface area (Å²) in [4.78, 5) is 2.10. The molecule has 0 spiro atoms. The quantitative estimate of drug-likeness (QED) is 0.577. The number of para-hydroxylation sites is 2. The predicted octanol–water partition coefficient (Wildman–Crippen LogP) is 2.05. The van der Waals surface area contributed by atoms with Crippen molar-refractivity contribution >= 4 is 5.69 Å². The second-order valence-electron chi connectivity index (χ2n) is 3.90. The van der Waals surface area contributed by atoms with Crippen LogP contribution in [0.1, 0.15) is 19.3 Å². The van der Waals surface area contributed by atoms with Crippen LogP contribution in [-0.2, 0) is 0 Å². The normalized spacial score (nSPS) is 15.1. The van der Waals surface area contributed by atoms with Crippen molar-refractivity contribution in [2.45, 2.75) is 19.3 Å². The molecule has 0 aliphatic carbocycles. The second kappa shape index (κ2) is 5.32. The predicted molar refractivity (Wildman–Crippen MR) is 64.7 cm³/mol. The number of nitrogens with two attached hydrogens (primary N) is 1. The highest BCUT2D eigenvalue weighted by atomic mass is 16.5. The third-order valence-corrected chi connectivity index (χ3v) is 2.64. The lowest BCUT2D eigenvalue weighted by Crippen LogP contribution is -2.24. The molecule has 0 radical (unpaired) electrons. The summed E-state index contributed by atoms with van der Waals surface area (Å²) in [6.45, 7) is 2.08. The first-order valence-corrected chi connectivity index (χ1v) is 5.63. The number of hydrogen-bond donors (Lipinski definition) is 1. The fraction of sp³-hybridized carbons (Fsp3) is 0.385. The summed E-state index contributed by atoms with van der Waals surface area (Å²) in [6, 6.07) is 10.4. The molecule has 1 fully saturated rings. The van der Waals surface area contributed by atoms with Crippen LogP contribution in [0.3, 0.4) is 0 Å². The van der Waals surface area contributed by atoms with E-state index in [0.29, 0.717) is 11.4 Å². The van der Waals surface area contributed by atoms with Crippen LogP contribution in [0.5, 0.6) is 5.75 Å². The van der Waals surface area contributed by atoms with E-state index in [-0.39, 0.29) is 0 Å². The van der Waals surface area contributed by atoms with E-state index in [1.807, 2.05) is 18.2 Å². The van der Waals surface area contributed by atoms with Gasteiger partial charge in [0.1, 0.15) is 6.11 Å². The Morgan fingerprint density at radius 3 is 2.62 bits per heavy atom. The Hall–Kier alpha value is -1.82. The molecule has 1 aliphatic rings. The number of anilines is 1. The zero-order valence-electron chi connectivity index (χ0n) is 9.28. The molecular formula is C13H16N2O. The molecule has 0 atom stereocenters. The molecule has 1 aliphatic heterocycles. The summed E-state index contributed by atoms with van der Waals surface area (Å²) in [5, 5.41) is 0. The number of rotatable bonds is 1. The lowest BCUT2D eigenvalue weighted by Gasteiger charge is -2.21. The molecule has 16 heavy (non-hydrogen) atoms. The van der Waals surface area contributed by atoms with Gasteiger partial charge in [0.05, 0.1) is 11.7 Å². The van der Waals surface area contributed by atoms with Crippen LogP contribution in [0.4, 0.5) is 5.69 Å². The van der Waals surface area contributed by atoms with Gasteiger partial charge in [0, 0.05) is 13.1 Å². The van der Waals surface area contributed by atoms with Gasteiger partial charge in [-0.2, -0.15) is 0 Å². The lowest BCUT2D eigenvalue weighted by molar-refractivity contribution is 0.323. The molecule has 1 aromatic carbocycles. The van der Waals surface area contributed by atoms with Gasteiger partial charge in [-0.15, -0.1) is 0 Å². The highest BCUT2D eigenvalue weighted by Gasteiger charge is 2.05. The highest BCUT2D eigenvalue weighted by molar-refractivity contribution is 5.52. The Balaban J connectivity index is 1.91. The number of nitrogens with zero attached hydrogens (tertiary/aromatic N) is 1. The van der Waals surface area contributed by atoms with E-state index in [0.717, 1.165) is 13.1 Å². The Morgan fingerprint density at radius 1 is 1.12 bits per heavy atom. The van der Waals surface area contributed by atoms with Crippen molar-refractivity contribution in [1.82, 2.24) is 4.90 Å². The van der Waals surface area contributed by atoms with Crippen LogP contribution in [0.15, 0.2) is 24.3 Å². The van der Waals surface area contributed by atoms with Gasteiger partial charge >= 0.3 is 0 Å². The molecule has 0 amide bonds. The van der Waals surface area contributed by atoms with Crippen molar-refractivity contribution in [3.63, 3.8) is 0 Å². The van der Waals surface area contributed by atoms with E-state index >= 15 is 0 Å². The van der Waals surface area contributed by atoms with Crippen molar-refractivity contribution in [2.24, 2.45) is 0 Å². The largest absolute Gasteiger partial charge is 0.404 e. The van der Waals surface area contributed by atoms with E-state index < -0.39 is 0 Å². The van der Waals surface area contributed by atoms with Gasteiger partial charge in [-0.25, -0.2) is 0 Å². The Bertz CT molecular complexity index is 400. The molecule has 3 heteroatoms. The van der Waals surface area contributed by atoms with Gasteiger partial charge in [0.25, 0.3) is 0 Å². The summed E-state index contributed by atoms with van der Waals surface area (Å²) < 4.78 is 5.31. The van der Waals surface area contributed by atoms with Gasteiger partial charge in [-0.05, 0) is 31.4 Å². The maximum Gasteiger partial charge on any atom is 0.163 e. The first-order chi connectivity index (χ1) is 7.86. The van der Waals surface area contributed by atoms with Crippen LogP contribution in [-0.4, -0.2) is 18.0 Å². The van der Waals surface area contributed by atoms with Crippen LogP contribution >= 0.6 is 0 Å². The van der Waals surface area contributed by atoms with Crippen LogP contribution < -0.4 is 10.5 Å². The first-order valence-electron chi connectivity index (χ1n) is 5.63. The van der Waals surface area contributed by atoms with E-state index in [9.17, 15) is 0 Å². The van der Waals surface area contributed by atoms with E-state index in [4.69, 9.17) is 10.5 Å². The second-order valence-corrected chi connectivity index (χ2v) is 3.90. The molecule has 1 aromatic rings. The minimum Gasteiger partial charge on any atom is -0.404 e. The van der Waals surface area contributed by atoms with Crippen molar-refractivity contribution in [3.8, 4) is 17.9 Å². The monoisotopic (exact) mass is 216 g/mol. The Kier molecular flexibility index (Phi) is 3.55. The van der Waals surface area contributed by atoms with Gasteiger partial charge in [0.2, 0.25) is 0 Å². The van der Waals surface area contributed by atoms with Crippen molar-refractivity contribution in [3.05, 3.63) is 24.3 Å². The SMILES string of the molecule is Nc1ccccc1OC#CN1CCCCC1. The van der Waals surface area contributed by atoms with E-state index in [1.54, 1.807) is 6.07 Å². The standard InChI is InChI=1S/C13H16N2O/c14-12-6-2-3-7-13(12)16-11-10-15-8-4-1-5-9-15/h2-3,6-7H,1,4-5,8-9,14H2. The number of hydrogen-bond acceptors (Lipinski definition) is 3. The zero-order chi connectivity index (χ0) is 11.2. The molecule has 84 valence electrons. The zero-order valence-corrected chi connectivity index (χ0v) is 9.28. The smallest absolute Gasteiger partial charge is 0.163 e. The summed E-state index contributed by atoms with van der Waals surface area (Å²) in [5.74, 6) is 0.631. The molecule has 0 aromatic heterocycles. The number of ether oxygens (including phenoxy) is 1. The molecule has 0 bridgehead atoms. The number of benzene rings is 1. The molecule has 2 N–H and O–H groups in total. The fourth-order valence-corrected chi connectivity index (χ4v) is 1.72. The number of piperidine rings is 1. The summed E-state index contributed by atoms with van der Waals surface area (Å²) in [5.41, 5.74) is 6.35. The Labute approximate surface area is 96.2 Å². The molecule has 2 rings (SSSR count). The van der Waals surface area contributed by atoms with Crippen LogP contribution in [0.25, 0.3) is 0 Å². The number of nitrogen functional groups attached to an aromatic ring is 1. The van der Waals surface area contributed by atoms with Gasteiger partial charge in [0.15, 0.2) is 5.75 Å². The van der Waals surface area contributed by atoms with Crippen molar-refractivity contribution in [1.29, 1.82) is 0 Å². The third-order valence-electron chi connectivity index (χ3n) is 2.64. The van der Waals surface area contributed by atoms with Crippen LogP contribution in [0.2, 0.25) is 0 Å². The molecule has 0 saturated carbocycles. The maximum absolute atomic E-state index is 5.73. The summed E-state index contributed by atoms with van der Waals surface area (Å²) in [7, 11) is 0. The molecule has 1 saturated heterocycles. The molecule has 0 unspecified atom stereocenters. The average Bonchev–Trinajstić information content (AvgIpc) is 2.33. The summed E-state index contributed by atoms with van der Waals surface area (Å²) in [6.07, 6.45) is 6.47. The van der Waals surface area contributed by atoms with Crippen molar-refractivity contribution < 1.29 is 4.74 Å². The lowest BCUT2D eigenvalue weighted by atomic mass is 10.1. The Morgan fingerprint density at radius 2 is 1.88 bits per heavy atom. The van der Waals surface area contributed by atoms with Gasteiger partial charge in [-0.1, -0.05) is 12.1 Å².